The summed E-state index contributed by atoms with van der Waals surface area (Å²) in [6, 6.07) is 0. The second-order valence-corrected chi connectivity index (χ2v) is 3.27. The van der Waals surface area contributed by atoms with Crippen LogP contribution in [0.4, 0.5) is 0 Å². The van der Waals surface area contributed by atoms with Gasteiger partial charge in [0.25, 0.3) is 0 Å². The van der Waals surface area contributed by atoms with Crippen molar-refractivity contribution >= 4 is 5.96 Å². The molecule has 0 amide bonds. The van der Waals surface area contributed by atoms with E-state index in [-0.39, 0.29) is 0 Å². The normalized spacial score (nSPS) is 18.2. The SMILES string of the molecule is CN(C)C(=N)N1CCCCC1. The van der Waals surface area contributed by atoms with E-state index in [1.54, 1.807) is 0 Å². The molecule has 0 aromatic carbocycles. The highest BCUT2D eigenvalue weighted by Gasteiger charge is 2.13. The van der Waals surface area contributed by atoms with Crippen LogP contribution in [0.25, 0.3) is 0 Å². The van der Waals surface area contributed by atoms with E-state index in [9.17, 15) is 0 Å². The number of nitrogens with one attached hydrogen (secondary N) is 1. The zero-order valence-corrected chi connectivity index (χ0v) is 7.43. The van der Waals surface area contributed by atoms with E-state index in [0.717, 1.165) is 13.1 Å². The molecule has 1 aliphatic heterocycles. The number of guanidine groups is 1. The molecule has 1 heterocycles. The standard InChI is InChI=1S/C8H17N3/c1-10(2)8(9)11-6-4-3-5-7-11/h9H,3-7H2,1-2H3. The van der Waals surface area contributed by atoms with Crippen molar-refractivity contribution in [3.05, 3.63) is 0 Å². The molecule has 1 rings (SSSR count). The first kappa shape index (κ1) is 8.37. The number of likely N-dealkylation sites (tertiary alicyclic amines) is 1. The van der Waals surface area contributed by atoms with Crippen molar-refractivity contribution in [3.8, 4) is 0 Å². The Morgan fingerprint density at radius 2 is 1.73 bits per heavy atom. The van der Waals surface area contributed by atoms with Crippen LogP contribution < -0.4 is 0 Å². The first-order valence-corrected chi connectivity index (χ1v) is 4.22. The third kappa shape index (κ3) is 2.10. The van der Waals surface area contributed by atoms with Gasteiger partial charge in [0, 0.05) is 27.2 Å². The highest BCUT2D eigenvalue weighted by molar-refractivity contribution is 5.76. The van der Waals surface area contributed by atoms with Gasteiger partial charge in [-0.15, -0.1) is 0 Å². The average molecular weight is 155 g/mol. The molecule has 0 bridgehead atoms. The molecule has 0 unspecified atom stereocenters. The molecular formula is C8H17N3. The van der Waals surface area contributed by atoms with Crippen LogP contribution in [0.5, 0.6) is 0 Å². The first-order valence-electron chi connectivity index (χ1n) is 4.22. The third-order valence-electron chi connectivity index (χ3n) is 2.08. The minimum atomic E-state index is 0.657. The van der Waals surface area contributed by atoms with E-state index in [1.807, 2.05) is 19.0 Å². The lowest BCUT2D eigenvalue weighted by molar-refractivity contribution is 0.306. The Morgan fingerprint density at radius 3 is 2.18 bits per heavy atom. The molecule has 0 radical (unpaired) electrons. The van der Waals surface area contributed by atoms with Gasteiger partial charge in [0.2, 0.25) is 0 Å². The lowest BCUT2D eigenvalue weighted by atomic mass is 10.1. The van der Waals surface area contributed by atoms with Crippen LogP contribution in [0, 0.1) is 5.41 Å². The van der Waals surface area contributed by atoms with Gasteiger partial charge >= 0.3 is 0 Å². The Hall–Kier alpha value is -0.730. The predicted molar refractivity (Wildman–Crippen MR) is 46.8 cm³/mol. The van der Waals surface area contributed by atoms with Gasteiger partial charge in [-0.1, -0.05) is 0 Å². The summed E-state index contributed by atoms with van der Waals surface area (Å²) < 4.78 is 0. The number of nitrogens with zero attached hydrogens (tertiary/aromatic N) is 2. The molecule has 64 valence electrons. The van der Waals surface area contributed by atoms with Crippen LogP contribution >= 0.6 is 0 Å². The molecule has 3 heteroatoms. The topological polar surface area (TPSA) is 30.3 Å². The molecule has 0 aliphatic carbocycles. The van der Waals surface area contributed by atoms with Gasteiger partial charge in [0.05, 0.1) is 0 Å². The first-order chi connectivity index (χ1) is 5.22. The fraction of sp³-hybridized carbons (Fsp3) is 0.875. The van der Waals surface area contributed by atoms with Crippen molar-refractivity contribution in [1.29, 1.82) is 5.41 Å². The molecule has 0 atom stereocenters. The van der Waals surface area contributed by atoms with Gasteiger partial charge in [-0.2, -0.15) is 0 Å². The smallest absolute Gasteiger partial charge is 0.193 e. The molecule has 0 spiro atoms. The summed E-state index contributed by atoms with van der Waals surface area (Å²) in [5.41, 5.74) is 0. The summed E-state index contributed by atoms with van der Waals surface area (Å²) >= 11 is 0. The Labute approximate surface area is 68.5 Å². The van der Waals surface area contributed by atoms with Crippen molar-refractivity contribution in [1.82, 2.24) is 9.80 Å². The minimum absolute atomic E-state index is 0.657. The van der Waals surface area contributed by atoms with Gasteiger partial charge in [-0.05, 0) is 19.3 Å². The van der Waals surface area contributed by atoms with E-state index >= 15 is 0 Å². The van der Waals surface area contributed by atoms with Crippen LogP contribution in [0.1, 0.15) is 19.3 Å². The van der Waals surface area contributed by atoms with Crippen molar-refractivity contribution in [2.45, 2.75) is 19.3 Å². The minimum Gasteiger partial charge on any atom is -0.349 e. The maximum atomic E-state index is 7.69. The third-order valence-corrected chi connectivity index (χ3v) is 2.08. The van der Waals surface area contributed by atoms with Crippen LogP contribution in [0.15, 0.2) is 0 Å². The maximum absolute atomic E-state index is 7.69. The van der Waals surface area contributed by atoms with Gasteiger partial charge in [0.15, 0.2) is 5.96 Å². The molecule has 1 saturated heterocycles. The Morgan fingerprint density at radius 1 is 1.18 bits per heavy atom. The quantitative estimate of drug-likeness (QED) is 0.417. The maximum Gasteiger partial charge on any atom is 0.193 e. The monoisotopic (exact) mass is 155 g/mol. The summed E-state index contributed by atoms with van der Waals surface area (Å²) in [5.74, 6) is 0.657. The Kier molecular flexibility index (Phi) is 2.74. The predicted octanol–water partition coefficient (Wildman–Crippen LogP) is 0.969. The molecule has 1 aliphatic rings. The molecule has 1 N–H and O–H groups in total. The lowest BCUT2D eigenvalue weighted by Gasteiger charge is -2.31. The Balaban J connectivity index is 2.39. The summed E-state index contributed by atoms with van der Waals surface area (Å²) in [5, 5.41) is 7.69. The molecule has 1 fully saturated rings. The van der Waals surface area contributed by atoms with Crippen LogP contribution in [-0.2, 0) is 0 Å². The summed E-state index contributed by atoms with van der Waals surface area (Å²) in [6.07, 6.45) is 3.82. The fourth-order valence-corrected chi connectivity index (χ4v) is 1.39. The fourth-order valence-electron chi connectivity index (χ4n) is 1.39. The highest BCUT2D eigenvalue weighted by atomic mass is 15.3. The second kappa shape index (κ2) is 3.60. The van der Waals surface area contributed by atoms with Crippen LogP contribution in [0.2, 0.25) is 0 Å². The van der Waals surface area contributed by atoms with E-state index in [2.05, 4.69) is 4.90 Å². The summed E-state index contributed by atoms with van der Waals surface area (Å²) in [4.78, 5) is 4.01. The van der Waals surface area contributed by atoms with Crippen LogP contribution in [-0.4, -0.2) is 42.9 Å². The van der Waals surface area contributed by atoms with E-state index in [1.165, 1.54) is 19.3 Å². The summed E-state index contributed by atoms with van der Waals surface area (Å²) in [7, 11) is 3.86. The molecule has 11 heavy (non-hydrogen) atoms. The van der Waals surface area contributed by atoms with Crippen molar-refractivity contribution in [3.63, 3.8) is 0 Å². The van der Waals surface area contributed by atoms with Crippen LogP contribution in [0.3, 0.4) is 0 Å². The number of hydrogen-bond acceptors (Lipinski definition) is 1. The van der Waals surface area contributed by atoms with Crippen molar-refractivity contribution in [2.75, 3.05) is 27.2 Å². The van der Waals surface area contributed by atoms with Gasteiger partial charge < -0.3 is 9.80 Å². The number of rotatable bonds is 0. The molecular weight excluding hydrogens is 138 g/mol. The summed E-state index contributed by atoms with van der Waals surface area (Å²) in [6.45, 7) is 2.13. The van der Waals surface area contributed by atoms with Gasteiger partial charge in [-0.3, -0.25) is 5.41 Å². The van der Waals surface area contributed by atoms with E-state index in [4.69, 9.17) is 5.41 Å². The molecule has 3 nitrogen and oxygen atoms in total. The highest BCUT2D eigenvalue weighted by Crippen LogP contribution is 2.08. The number of hydrogen-bond donors (Lipinski definition) is 1. The zero-order valence-electron chi connectivity index (χ0n) is 7.43. The van der Waals surface area contributed by atoms with Crippen molar-refractivity contribution in [2.24, 2.45) is 0 Å². The zero-order chi connectivity index (χ0) is 8.27. The van der Waals surface area contributed by atoms with E-state index < -0.39 is 0 Å². The van der Waals surface area contributed by atoms with E-state index in [0.29, 0.717) is 5.96 Å². The molecule has 0 aromatic heterocycles. The molecule has 0 saturated carbocycles. The lowest BCUT2D eigenvalue weighted by Crippen LogP contribution is -2.42. The largest absolute Gasteiger partial charge is 0.349 e. The Bertz CT molecular complexity index is 136. The van der Waals surface area contributed by atoms with Gasteiger partial charge in [0.1, 0.15) is 0 Å². The van der Waals surface area contributed by atoms with Crippen molar-refractivity contribution < 1.29 is 0 Å². The second-order valence-electron chi connectivity index (χ2n) is 3.27. The number of piperidine rings is 1. The van der Waals surface area contributed by atoms with Gasteiger partial charge in [-0.25, -0.2) is 0 Å². The average Bonchev–Trinajstić information content (AvgIpc) is 2.05. The molecule has 0 aromatic rings.